The molecule has 1 aliphatic rings. The van der Waals surface area contributed by atoms with E-state index in [-0.39, 0.29) is 0 Å². The first kappa shape index (κ1) is 6.85. The van der Waals surface area contributed by atoms with Gasteiger partial charge in [-0.3, -0.25) is 4.68 Å². The first-order chi connectivity index (χ1) is 5.40. The highest BCUT2D eigenvalue weighted by Gasteiger charge is 2.23. The van der Waals surface area contributed by atoms with Crippen LogP contribution in [-0.2, 0) is 6.42 Å². The van der Waals surface area contributed by atoms with Gasteiger partial charge in [0, 0.05) is 6.20 Å². The molecule has 0 amide bonds. The lowest BCUT2D eigenvalue weighted by Gasteiger charge is -1.93. The maximum atomic E-state index is 5.42. The van der Waals surface area contributed by atoms with Gasteiger partial charge in [0.2, 0.25) is 0 Å². The third-order valence-electron chi connectivity index (χ3n) is 2.01. The number of rotatable bonds is 3. The van der Waals surface area contributed by atoms with E-state index in [1.807, 2.05) is 6.20 Å². The molecule has 1 fully saturated rings. The monoisotopic (exact) mass is 151 g/mol. The van der Waals surface area contributed by atoms with Gasteiger partial charge in [-0.15, -0.1) is 0 Å². The quantitative estimate of drug-likeness (QED) is 0.691. The zero-order valence-corrected chi connectivity index (χ0v) is 6.53. The minimum Gasteiger partial charge on any atom is -0.330 e. The summed E-state index contributed by atoms with van der Waals surface area (Å²) in [6.45, 7) is 0.719. The first-order valence-corrected chi connectivity index (χ1v) is 4.13. The van der Waals surface area contributed by atoms with Gasteiger partial charge in [-0.1, -0.05) is 0 Å². The van der Waals surface area contributed by atoms with Gasteiger partial charge in [-0.05, 0) is 31.4 Å². The molecule has 1 saturated carbocycles. The second-order valence-electron chi connectivity index (χ2n) is 3.10. The molecule has 11 heavy (non-hydrogen) atoms. The summed E-state index contributed by atoms with van der Waals surface area (Å²) in [5, 5.41) is 4.26. The molecule has 0 spiro atoms. The molecule has 0 saturated heterocycles. The summed E-state index contributed by atoms with van der Waals surface area (Å²) >= 11 is 0. The number of aromatic nitrogens is 2. The van der Waals surface area contributed by atoms with Crippen LogP contribution in [0.15, 0.2) is 12.4 Å². The summed E-state index contributed by atoms with van der Waals surface area (Å²) in [4.78, 5) is 0. The standard InChI is InChI=1S/C8H13N3/c9-4-3-7-5-10-11(6-7)8-1-2-8/h5-6,8H,1-4,9H2. The Bertz CT molecular complexity index is 237. The van der Waals surface area contributed by atoms with Crippen LogP contribution in [0.5, 0.6) is 0 Å². The fourth-order valence-electron chi connectivity index (χ4n) is 1.21. The fraction of sp³-hybridized carbons (Fsp3) is 0.625. The highest BCUT2D eigenvalue weighted by atomic mass is 15.3. The third-order valence-corrected chi connectivity index (χ3v) is 2.01. The van der Waals surface area contributed by atoms with Crippen LogP contribution in [0.25, 0.3) is 0 Å². The van der Waals surface area contributed by atoms with E-state index in [0.29, 0.717) is 6.04 Å². The molecular formula is C8H13N3. The second kappa shape index (κ2) is 2.66. The van der Waals surface area contributed by atoms with E-state index in [9.17, 15) is 0 Å². The van der Waals surface area contributed by atoms with Crippen LogP contribution in [0.2, 0.25) is 0 Å². The molecule has 60 valence electrons. The summed E-state index contributed by atoms with van der Waals surface area (Å²) in [6.07, 6.45) is 7.58. The third kappa shape index (κ3) is 1.43. The average Bonchev–Trinajstić information content (AvgIpc) is 2.75. The van der Waals surface area contributed by atoms with Crippen molar-refractivity contribution in [1.82, 2.24) is 9.78 Å². The van der Waals surface area contributed by atoms with Gasteiger partial charge in [-0.25, -0.2) is 0 Å². The molecule has 3 nitrogen and oxygen atoms in total. The molecule has 1 aliphatic carbocycles. The van der Waals surface area contributed by atoms with Crippen molar-refractivity contribution >= 4 is 0 Å². The fourth-order valence-corrected chi connectivity index (χ4v) is 1.21. The summed E-state index contributed by atoms with van der Waals surface area (Å²) in [6, 6.07) is 0.696. The molecule has 0 atom stereocenters. The molecule has 1 aromatic rings. The van der Waals surface area contributed by atoms with E-state index in [2.05, 4.69) is 16.0 Å². The number of hydrogen-bond acceptors (Lipinski definition) is 2. The number of nitrogens with two attached hydrogens (primary N) is 1. The number of hydrogen-bond donors (Lipinski definition) is 1. The normalized spacial score (nSPS) is 17.2. The van der Waals surface area contributed by atoms with Crippen molar-refractivity contribution < 1.29 is 0 Å². The van der Waals surface area contributed by atoms with E-state index in [4.69, 9.17) is 5.73 Å². The molecule has 2 N–H and O–H groups in total. The molecule has 3 heteroatoms. The molecule has 0 radical (unpaired) electrons. The minimum atomic E-state index is 0.696. The summed E-state index contributed by atoms with van der Waals surface area (Å²) in [5.41, 5.74) is 6.69. The SMILES string of the molecule is NCCc1cnn(C2CC2)c1. The van der Waals surface area contributed by atoms with Crippen molar-refractivity contribution in [1.29, 1.82) is 0 Å². The second-order valence-corrected chi connectivity index (χ2v) is 3.10. The lowest BCUT2D eigenvalue weighted by Crippen LogP contribution is -2.01. The Kier molecular flexibility index (Phi) is 1.66. The van der Waals surface area contributed by atoms with Gasteiger partial charge in [0.1, 0.15) is 0 Å². The van der Waals surface area contributed by atoms with Crippen molar-refractivity contribution in [2.45, 2.75) is 25.3 Å². The highest BCUT2D eigenvalue weighted by molar-refractivity contribution is 5.05. The topological polar surface area (TPSA) is 43.8 Å². The van der Waals surface area contributed by atoms with Gasteiger partial charge in [0.05, 0.1) is 12.2 Å². The maximum absolute atomic E-state index is 5.42. The van der Waals surface area contributed by atoms with Crippen LogP contribution in [0, 0.1) is 0 Å². The van der Waals surface area contributed by atoms with Gasteiger partial charge < -0.3 is 5.73 Å². The molecule has 0 aliphatic heterocycles. The van der Waals surface area contributed by atoms with Gasteiger partial charge in [0.15, 0.2) is 0 Å². The maximum Gasteiger partial charge on any atom is 0.0522 e. The Hall–Kier alpha value is -0.830. The predicted octanol–water partition coefficient (Wildman–Crippen LogP) is 0.719. The van der Waals surface area contributed by atoms with Crippen LogP contribution < -0.4 is 5.73 Å². The Balaban J connectivity index is 2.06. The zero-order valence-electron chi connectivity index (χ0n) is 6.53. The van der Waals surface area contributed by atoms with Crippen molar-refractivity contribution in [2.75, 3.05) is 6.54 Å². The van der Waals surface area contributed by atoms with Crippen molar-refractivity contribution in [3.63, 3.8) is 0 Å². The van der Waals surface area contributed by atoms with E-state index in [1.165, 1.54) is 18.4 Å². The Morgan fingerprint density at radius 2 is 2.45 bits per heavy atom. The minimum absolute atomic E-state index is 0.696. The summed E-state index contributed by atoms with van der Waals surface area (Å²) in [5.74, 6) is 0. The Labute approximate surface area is 66.2 Å². The molecule has 2 rings (SSSR count). The lowest BCUT2D eigenvalue weighted by molar-refractivity contribution is 0.641. The van der Waals surface area contributed by atoms with Crippen molar-refractivity contribution in [3.05, 3.63) is 18.0 Å². The molecule has 0 unspecified atom stereocenters. The average molecular weight is 151 g/mol. The van der Waals surface area contributed by atoms with Crippen LogP contribution in [0.4, 0.5) is 0 Å². The van der Waals surface area contributed by atoms with Crippen LogP contribution >= 0.6 is 0 Å². The smallest absolute Gasteiger partial charge is 0.0522 e. The lowest BCUT2D eigenvalue weighted by atomic mass is 10.3. The Morgan fingerprint density at radius 1 is 1.64 bits per heavy atom. The summed E-state index contributed by atoms with van der Waals surface area (Å²) in [7, 11) is 0. The van der Waals surface area contributed by atoms with E-state index >= 15 is 0 Å². The number of nitrogens with zero attached hydrogens (tertiary/aromatic N) is 2. The first-order valence-electron chi connectivity index (χ1n) is 4.13. The molecule has 1 aromatic heterocycles. The molecular weight excluding hydrogens is 138 g/mol. The van der Waals surface area contributed by atoms with E-state index in [0.717, 1.165) is 13.0 Å². The van der Waals surface area contributed by atoms with Crippen LogP contribution in [0.3, 0.4) is 0 Å². The Morgan fingerprint density at radius 3 is 3.09 bits per heavy atom. The summed E-state index contributed by atoms with van der Waals surface area (Å²) < 4.78 is 2.06. The molecule has 1 heterocycles. The van der Waals surface area contributed by atoms with Gasteiger partial charge in [-0.2, -0.15) is 5.10 Å². The van der Waals surface area contributed by atoms with E-state index in [1.54, 1.807) is 0 Å². The van der Waals surface area contributed by atoms with Crippen molar-refractivity contribution in [2.24, 2.45) is 5.73 Å². The molecule has 0 bridgehead atoms. The highest BCUT2D eigenvalue weighted by Crippen LogP contribution is 2.33. The van der Waals surface area contributed by atoms with Crippen LogP contribution in [-0.4, -0.2) is 16.3 Å². The predicted molar refractivity (Wildman–Crippen MR) is 43.3 cm³/mol. The van der Waals surface area contributed by atoms with E-state index < -0.39 is 0 Å². The molecule has 0 aromatic carbocycles. The van der Waals surface area contributed by atoms with Gasteiger partial charge >= 0.3 is 0 Å². The largest absolute Gasteiger partial charge is 0.330 e. The van der Waals surface area contributed by atoms with Crippen LogP contribution in [0.1, 0.15) is 24.4 Å². The van der Waals surface area contributed by atoms with Gasteiger partial charge in [0.25, 0.3) is 0 Å². The van der Waals surface area contributed by atoms with Crippen molar-refractivity contribution in [3.8, 4) is 0 Å². The zero-order chi connectivity index (χ0) is 7.68.